The zero-order valence-electron chi connectivity index (χ0n) is 18.2. The second-order valence-corrected chi connectivity index (χ2v) is 8.85. The summed E-state index contributed by atoms with van der Waals surface area (Å²) in [6, 6.07) is 14.0. The van der Waals surface area contributed by atoms with Gasteiger partial charge in [-0.25, -0.2) is 0 Å². The van der Waals surface area contributed by atoms with Crippen molar-refractivity contribution >= 4 is 17.4 Å². The Bertz CT molecular complexity index is 1090. The number of nitro groups is 1. The normalized spacial score (nSPS) is 20.7. The fourth-order valence-electron chi connectivity index (χ4n) is 4.43. The summed E-state index contributed by atoms with van der Waals surface area (Å²) in [5.41, 5.74) is 2.82. The van der Waals surface area contributed by atoms with Crippen LogP contribution in [0.15, 0.2) is 59.8 Å². The molecule has 32 heavy (non-hydrogen) atoms. The van der Waals surface area contributed by atoms with Crippen LogP contribution in [0.25, 0.3) is 0 Å². The topological polar surface area (TPSA) is 98.5 Å². The first kappa shape index (κ1) is 21.7. The van der Waals surface area contributed by atoms with Crippen LogP contribution in [0.5, 0.6) is 5.75 Å². The van der Waals surface area contributed by atoms with Gasteiger partial charge in [-0.1, -0.05) is 38.1 Å². The third-order valence-corrected chi connectivity index (χ3v) is 5.95. The maximum Gasteiger partial charge on any atom is 0.269 e. The molecule has 7 nitrogen and oxygen atoms in total. The third kappa shape index (κ3) is 4.56. The van der Waals surface area contributed by atoms with Crippen LogP contribution in [0.1, 0.15) is 56.1 Å². The molecule has 1 amide bonds. The average molecular weight is 434 g/mol. The van der Waals surface area contributed by atoms with Crippen molar-refractivity contribution in [2.24, 2.45) is 5.92 Å². The Morgan fingerprint density at radius 1 is 1.06 bits per heavy atom. The number of nitrogens with one attached hydrogen (secondary N) is 1. The van der Waals surface area contributed by atoms with Crippen LogP contribution >= 0.6 is 0 Å². The number of carbonyl (C=O) groups is 2. The first-order chi connectivity index (χ1) is 15.3. The summed E-state index contributed by atoms with van der Waals surface area (Å²) < 4.78 is 5.74. The molecule has 0 saturated heterocycles. The zero-order valence-corrected chi connectivity index (χ0v) is 18.2. The first-order valence-electron chi connectivity index (χ1n) is 10.8. The van der Waals surface area contributed by atoms with Gasteiger partial charge in [0.15, 0.2) is 5.78 Å². The van der Waals surface area contributed by atoms with Crippen LogP contribution in [0, 0.1) is 16.0 Å². The number of ether oxygens (including phenoxy) is 1. The van der Waals surface area contributed by atoms with Gasteiger partial charge in [-0.2, -0.15) is 0 Å². The van der Waals surface area contributed by atoms with Crippen LogP contribution in [-0.4, -0.2) is 23.2 Å². The molecule has 1 aliphatic heterocycles. The molecule has 1 aliphatic carbocycles. The number of hydrogen-bond acceptors (Lipinski definition) is 5. The predicted molar refractivity (Wildman–Crippen MR) is 119 cm³/mol. The second-order valence-electron chi connectivity index (χ2n) is 8.85. The minimum atomic E-state index is -0.463. The molecule has 2 aromatic carbocycles. The first-order valence-corrected chi connectivity index (χ1v) is 10.8. The Kier molecular flexibility index (Phi) is 6.08. The summed E-state index contributed by atoms with van der Waals surface area (Å²) in [6.45, 7) is 4.82. The van der Waals surface area contributed by atoms with E-state index in [0.29, 0.717) is 42.2 Å². The summed E-state index contributed by atoms with van der Waals surface area (Å²) in [4.78, 5) is 36.4. The van der Waals surface area contributed by atoms with Gasteiger partial charge < -0.3 is 10.1 Å². The van der Waals surface area contributed by atoms with Crippen LogP contribution in [0.4, 0.5) is 5.69 Å². The Labute approximate surface area is 186 Å². The SMILES string of the molecule is CC(C)COc1ccc(C2CC(=O)C3=C(C2)NC(=O)CC3c2cccc([N+](=O)[O-])c2)cc1. The largest absolute Gasteiger partial charge is 0.493 e. The van der Waals surface area contributed by atoms with E-state index in [2.05, 4.69) is 19.2 Å². The monoisotopic (exact) mass is 434 g/mol. The number of ketones is 1. The molecule has 0 radical (unpaired) electrons. The quantitative estimate of drug-likeness (QED) is 0.528. The van der Waals surface area contributed by atoms with Gasteiger partial charge in [0.2, 0.25) is 5.91 Å². The molecular weight excluding hydrogens is 408 g/mol. The van der Waals surface area contributed by atoms with E-state index in [1.54, 1.807) is 12.1 Å². The molecule has 0 aromatic heterocycles. The Morgan fingerprint density at radius 2 is 1.81 bits per heavy atom. The highest BCUT2D eigenvalue weighted by Crippen LogP contribution is 2.43. The summed E-state index contributed by atoms with van der Waals surface area (Å²) in [5.74, 6) is 0.536. The van der Waals surface area contributed by atoms with Crippen molar-refractivity contribution in [2.75, 3.05) is 6.61 Å². The number of hydrogen-bond donors (Lipinski definition) is 1. The highest BCUT2D eigenvalue weighted by atomic mass is 16.6. The lowest BCUT2D eigenvalue weighted by Gasteiger charge is -2.34. The maximum atomic E-state index is 13.2. The van der Waals surface area contributed by atoms with E-state index in [-0.39, 0.29) is 29.7 Å². The molecule has 2 aliphatic rings. The van der Waals surface area contributed by atoms with Crippen LogP contribution in [0.2, 0.25) is 0 Å². The lowest BCUT2D eigenvalue weighted by molar-refractivity contribution is -0.384. The number of nitrogens with zero attached hydrogens (tertiary/aromatic N) is 1. The highest BCUT2D eigenvalue weighted by Gasteiger charge is 2.38. The van der Waals surface area contributed by atoms with Gasteiger partial charge >= 0.3 is 0 Å². The fraction of sp³-hybridized carbons (Fsp3) is 0.360. The number of nitro benzene ring substituents is 1. The lowest BCUT2D eigenvalue weighted by atomic mass is 9.73. The smallest absolute Gasteiger partial charge is 0.269 e. The Balaban J connectivity index is 1.59. The van der Waals surface area contributed by atoms with E-state index in [0.717, 1.165) is 11.3 Å². The standard InChI is InChI=1S/C25H26N2O5/c1-15(2)14-32-20-8-6-16(7-9-20)18-11-22-25(23(28)12-18)21(13-24(29)26-22)17-4-3-5-19(10-17)27(30)31/h3-10,15,18,21H,11-14H2,1-2H3,(H,26,29). The van der Waals surface area contributed by atoms with E-state index < -0.39 is 10.8 Å². The van der Waals surface area contributed by atoms with Gasteiger partial charge in [0, 0.05) is 42.2 Å². The van der Waals surface area contributed by atoms with E-state index >= 15 is 0 Å². The number of Topliss-reactive ketones (excluding diaryl/α,β-unsaturated/α-hetero) is 1. The average Bonchev–Trinajstić information content (AvgIpc) is 2.77. The third-order valence-electron chi connectivity index (χ3n) is 5.95. The maximum absolute atomic E-state index is 13.2. The molecule has 0 spiro atoms. The molecule has 4 rings (SSSR count). The van der Waals surface area contributed by atoms with Gasteiger partial charge in [0.25, 0.3) is 5.69 Å². The van der Waals surface area contributed by atoms with Crippen molar-refractivity contribution in [3.05, 3.63) is 81.0 Å². The van der Waals surface area contributed by atoms with Crippen molar-refractivity contribution in [3.8, 4) is 5.75 Å². The molecule has 2 unspecified atom stereocenters. The summed E-state index contributed by atoms with van der Waals surface area (Å²) >= 11 is 0. The molecule has 166 valence electrons. The minimum Gasteiger partial charge on any atom is -0.493 e. The molecule has 1 heterocycles. The van der Waals surface area contributed by atoms with Crippen LogP contribution in [0.3, 0.4) is 0 Å². The van der Waals surface area contributed by atoms with E-state index in [1.165, 1.54) is 12.1 Å². The lowest BCUT2D eigenvalue weighted by Crippen LogP contribution is -2.38. The Hall–Kier alpha value is -3.48. The fourth-order valence-corrected chi connectivity index (χ4v) is 4.43. The van der Waals surface area contributed by atoms with Crippen molar-refractivity contribution in [1.29, 1.82) is 0 Å². The molecular formula is C25H26N2O5. The van der Waals surface area contributed by atoms with Crippen LogP contribution in [-0.2, 0) is 9.59 Å². The summed E-state index contributed by atoms with van der Waals surface area (Å²) in [6.07, 6.45) is 0.995. The number of non-ortho nitro benzene ring substituents is 1. The number of rotatable bonds is 6. The summed E-state index contributed by atoms with van der Waals surface area (Å²) in [7, 11) is 0. The van der Waals surface area contributed by atoms with Crippen molar-refractivity contribution in [3.63, 3.8) is 0 Å². The number of amides is 1. The van der Waals surface area contributed by atoms with E-state index in [9.17, 15) is 19.7 Å². The number of benzene rings is 2. The molecule has 7 heteroatoms. The molecule has 2 aromatic rings. The minimum absolute atomic E-state index is 0.0205. The number of allylic oxidation sites excluding steroid dienone is 2. The van der Waals surface area contributed by atoms with E-state index in [4.69, 9.17) is 4.74 Å². The van der Waals surface area contributed by atoms with Crippen molar-refractivity contribution in [2.45, 2.75) is 44.9 Å². The van der Waals surface area contributed by atoms with Gasteiger partial charge in [0.05, 0.1) is 11.5 Å². The van der Waals surface area contributed by atoms with Crippen molar-refractivity contribution < 1.29 is 19.2 Å². The van der Waals surface area contributed by atoms with Crippen LogP contribution < -0.4 is 10.1 Å². The molecule has 2 atom stereocenters. The van der Waals surface area contributed by atoms with Crippen molar-refractivity contribution in [1.82, 2.24) is 5.32 Å². The van der Waals surface area contributed by atoms with Gasteiger partial charge in [0.1, 0.15) is 5.75 Å². The second kappa shape index (κ2) is 8.94. The highest BCUT2D eigenvalue weighted by molar-refractivity contribution is 6.02. The number of carbonyl (C=O) groups excluding carboxylic acids is 2. The van der Waals surface area contributed by atoms with Gasteiger partial charge in [-0.05, 0) is 41.5 Å². The molecule has 0 fully saturated rings. The van der Waals surface area contributed by atoms with Gasteiger partial charge in [-0.3, -0.25) is 19.7 Å². The molecule has 0 bridgehead atoms. The zero-order chi connectivity index (χ0) is 22.8. The Morgan fingerprint density at radius 3 is 2.50 bits per heavy atom. The van der Waals surface area contributed by atoms with Gasteiger partial charge in [-0.15, -0.1) is 0 Å². The molecule has 1 N–H and O–H groups in total. The van der Waals surface area contributed by atoms with E-state index in [1.807, 2.05) is 24.3 Å². The predicted octanol–water partition coefficient (Wildman–Crippen LogP) is 4.63. The molecule has 0 saturated carbocycles. The summed E-state index contributed by atoms with van der Waals surface area (Å²) in [5, 5.41) is 14.1.